The van der Waals surface area contributed by atoms with Gasteiger partial charge in [-0.2, -0.15) is 0 Å². The molecule has 1 unspecified atom stereocenters. The summed E-state index contributed by atoms with van der Waals surface area (Å²) in [6, 6.07) is 8.10. The number of carbonyl (C=O) groups excluding carboxylic acids is 1. The summed E-state index contributed by atoms with van der Waals surface area (Å²) in [4.78, 5) is 14.0. The Morgan fingerprint density at radius 1 is 1.32 bits per heavy atom. The predicted molar refractivity (Wildman–Crippen MR) is 81.4 cm³/mol. The van der Waals surface area contributed by atoms with E-state index in [0.717, 1.165) is 12.1 Å². The molecule has 0 radical (unpaired) electrons. The van der Waals surface area contributed by atoms with E-state index in [4.69, 9.17) is 5.73 Å². The van der Waals surface area contributed by atoms with Crippen LogP contribution in [0.1, 0.15) is 52.0 Å². The van der Waals surface area contributed by atoms with Crippen LogP contribution in [0.5, 0.6) is 0 Å². The van der Waals surface area contributed by atoms with Crippen LogP contribution in [0.3, 0.4) is 0 Å². The molecule has 0 aliphatic heterocycles. The largest absolute Gasteiger partial charge is 0.318 e. The van der Waals surface area contributed by atoms with Crippen LogP contribution < -0.4 is 10.6 Å². The topological polar surface area (TPSA) is 46.3 Å². The molecule has 2 N–H and O–H groups in total. The standard InChI is InChI=1S/C16H26N2O/c1-6-11-16(4,17)15(19)18(5)14-9-7-13(8-10-14)12(2)3/h7-10,12H,6,11,17H2,1-5H3. The molecule has 0 heterocycles. The molecule has 1 aromatic rings. The third kappa shape index (κ3) is 3.80. The number of benzene rings is 1. The second kappa shape index (κ2) is 6.20. The lowest BCUT2D eigenvalue weighted by atomic mass is 9.95. The number of amides is 1. The summed E-state index contributed by atoms with van der Waals surface area (Å²) >= 11 is 0. The van der Waals surface area contributed by atoms with E-state index >= 15 is 0 Å². The van der Waals surface area contributed by atoms with Crippen LogP contribution in [0.2, 0.25) is 0 Å². The van der Waals surface area contributed by atoms with Gasteiger partial charge in [0.05, 0.1) is 5.54 Å². The minimum Gasteiger partial charge on any atom is -0.318 e. The lowest BCUT2D eigenvalue weighted by Crippen LogP contribution is -2.52. The third-order valence-corrected chi connectivity index (χ3v) is 3.51. The van der Waals surface area contributed by atoms with Crippen LogP contribution in [-0.2, 0) is 4.79 Å². The van der Waals surface area contributed by atoms with Crippen LogP contribution in [0.25, 0.3) is 0 Å². The minimum absolute atomic E-state index is 0.0355. The second-order valence-electron chi connectivity index (χ2n) is 5.78. The quantitative estimate of drug-likeness (QED) is 0.885. The molecular weight excluding hydrogens is 236 g/mol. The lowest BCUT2D eigenvalue weighted by Gasteiger charge is -2.29. The number of hydrogen-bond donors (Lipinski definition) is 1. The minimum atomic E-state index is -0.791. The number of anilines is 1. The maximum absolute atomic E-state index is 12.4. The average Bonchev–Trinajstić information content (AvgIpc) is 2.37. The summed E-state index contributed by atoms with van der Waals surface area (Å²) in [5.41, 5.74) is 7.47. The van der Waals surface area contributed by atoms with E-state index in [0.29, 0.717) is 12.3 Å². The number of hydrogen-bond acceptors (Lipinski definition) is 2. The van der Waals surface area contributed by atoms with Gasteiger partial charge in [-0.1, -0.05) is 39.3 Å². The van der Waals surface area contributed by atoms with Gasteiger partial charge in [0.25, 0.3) is 0 Å². The first kappa shape index (κ1) is 15.7. The Bertz CT molecular complexity index is 421. The zero-order valence-corrected chi connectivity index (χ0v) is 12.7. The van der Waals surface area contributed by atoms with Crippen LogP contribution >= 0.6 is 0 Å². The van der Waals surface area contributed by atoms with Gasteiger partial charge in [0.1, 0.15) is 0 Å². The summed E-state index contributed by atoms with van der Waals surface area (Å²) in [5.74, 6) is 0.460. The number of nitrogens with zero attached hydrogens (tertiary/aromatic N) is 1. The molecular formula is C16H26N2O. The van der Waals surface area contributed by atoms with Crippen molar-refractivity contribution in [2.24, 2.45) is 5.73 Å². The zero-order valence-electron chi connectivity index (χ0n) is 12.7. The zero-order chi connectivity index (χ0) is 14.6. The molecule has 0 bridgehead atoms. The van der Waals surface area contributed by atoms with Crippen molar-refractivity contribution in [3.63, 3.8) is 0 Å². The van der Waals surface area contributed by atoms with E-state index in [9.17, 15) is 4.79 Å². The number of likely N-dealkylation sites (N-methyl/N-ethyl adjacent to an activating group) is 1. The summed E-state index contributed by atoms with van der Waals surface area (Å²) < 4.78 is 0. The second-order valence-corrected chi connectivity index (χ2v) is 5.78. The predicted octanol–water partition coefficient (Wildman–Crippen LogP) is 3.29. The Hall–Kier alpha value is -1.35. The Kier molecular flexibility index (Phi) is 5.12. The summed E-state index contributed by atoms with van der Waals surface area (Å²) in [7, 11) is 1.79. The van der Waals surface area contributed by atoms with Crippen LogP contribution in [0.15, 0.2) is 24.3 Å². The first-order valence-corrected chi connectivity index (χ1v) is 6.96. The molecule has 1 rings (SSSR count). The maximum Gasteiger partial charge on any atom is 0.246 e. The Morgan fingerprint density at radius 3 is 2.26 bits per heavy atom. The van der Waals surface area contributed by atoms with Crippen molar-refractivity contribution in [3.05, 3.63) is 29.8 Å². The SMILES string of the molecule is CCCC(C)(N)C(=O)N(C)c1ccc(C(C)C)cc1. The van der Waals surface area contributed by atoms with Crippen molar-refractivity contribution in [1.82, 2.24) is 0 Å². The highest BCUT2D eigenvalue weighted by Crippen LogP contribution is 2.22. The van der Waals surface area contributed by atoms with E-state index in [1.807, 2.05) is 19.1 Å². The molecule has 0 aliphatic rings. The van der Waals surface area contributed by atoms with Crippen molar-refractivity contribution >= 4 is 11.6 Å². The molecule has 19 heavy (non-hydrogen) atoms. The highest BCUT2D eigenvalue weighted by Gasteiger charge is 2.30. The van der Waals surface area contributed by atoms with Gasteiger partial charge in [0, 0.05) is 12.7 Å². The lowest BCUT2D eigenvalue weighted by molar-refractivity contribution is -0.123. The van der Waals surface area contributed by atoms with Gasteiger partial charge in [-0.25, -0.2) is 0 Å². The molecule has 1 amide bonds. The van der Waals surface area contributed by atoms with Crippen LogP contribution in [-0.4, -0.2) is 18.5 Å². The van der Waals surface area contributed by atoms with E-state index in [1.165, 1.54) is 5.56 Å². The summed E-state index contributed by atoms with van der Waals surface area (Å²) in [6.07, 6.45) is 1.60. The number of nitrogens with two attached hydrogens (primary N) is 1. The molecule has 3 nitrogen and oxygen atoms in total. The molecule has 0 aliphatic carbocycles. The van der Waals surface area contributed by atoms with E-state index in [1.54, 1.807) is 18.9 Å². The fraction of sp³-hybridized carbons (Fsp3) is 0.562. The van der Waals surface area contributed by atoms with Gasteiger partial charge in [-0.15, -0.1) is 0 Å². The van der Waals surface area contributed by atoms with E-state index < -0.39 is 5.54 Å². The molecule has 0 fully saturated rings. The van der Waals surface area contributed by atoms with Gasteiger partial charge in [-0.05, 0) is 37.0 Å². The average molecular weight is 262 g/mol. The van der Waals surface area contributed by atoms with Crippen molar-refractivity contribution in [2.45, 2.75) is 52.0 Å². The summed E-state index contributed by atoms with van der Waals surface area (Å²) in [5, 5.41) is 0. The third-order valence-electron chi connectivity index (χ3n) is 3.51. The highest BCUT2D eigenvalue weighted by molar-refractivity contribution is 5.99. The summed E-state index contributed by atoms with van der Waals surface area (Å²) in [6.45, 7) is 8.15. The number of carbonyl (C=O) groups is 1. The first-order chi connectivity index (χ1) is 8.79. The Labute approximate surface area is 116 Å². The van der Waals surface area contributed by atoms with Crippen molar-refractivity contribution in [3.8, 4) is 0 Å². The molecule has 0 saturated heterocycles. The monoisotopic (exact) mass is 262 g/mol. The van der Waals surface area contributed by atoms with Crippen molar-refractivity contribution < 1.29 is 4.79 Å². The molecule has 0 aromatic heterocycles. The van der Waals surface area contributed by atoms with Crippen molar-refractivity contribution in [2.75, 3.05) is 11.9 Å². The number of rotatable bonds is 5. The van der Waals surface area contributed by atoms with Crippen molar-refractivity contribution in [1.29, 1.82) is 0 Å². The normalized spacial score (nSPS) is 14.3. The van der Waals surface area contributed by atoms with Gasteiger partial charge >= 0.3 is 0 Å². The fourth-order valence-corrected chi connectivity index (χ4v) is 2.21. The van der Waals surface area contributed by atoms with E-state index in [2.05, 4.69) is 26.0 Å². The van der Waals surface area contributed by atoms with Crippen LogP contribution in [0.4, 0.5) is 5.69 Å². The van der Waals surface area contributed by atoms with Gasteiger partial charge in [0.15, 0.2) is 0 Å². The molecule has 3 heteroatoms. The molecule has 0 saturated carbocycles. The van der Waals surface area contributed by atoms with Gasteiger partial charge < -0.3 is 10.6 Å². The molecule has 1 aromatic carbocycles. The van der Waals surface area contributed by atoms with Gasteiger partial charge in [0.2, 0.25) is 5.91 Å². The Balaban J connectivity index is 2.88. The highest BCUT2D eigenvalue weighted by atomic mass is 16.2. The first-order valence-electron chi connectivity index (χ1n) is 6.96. The maximum atomic E-state index is 12.4. The Morgan fingerprint density at radius 2 is 1.84 bits per heavy atom. The van der Waals surface area contributed by atoms with E-state index in [-0.39, 0.29) is 5.91 Å². The molecule has 106 valence electrons. The van der Waals surface area contributed by atoms with Crippen LogP contribution in [0, 0.1) is 0 Å². The molecule has 0 spiro atoms. The smallest absolute Gasteiger partial charge is 0.246 e. The molecule has 1 atom stereocenters. The van der Waals surface area contributed by atoms with Gasteiger partial charge in [-0.3, -0.25) is 4.79 Å². The fourth-order valence-electron chi connectivity index (χ4n) is 2.21.